The van der Waals surface area contributed by atoms with Gasteiger partial charge in [0.05, 0.1) is 6.54 Å². The Hall–Kier alpha value is -3.15. The average Bonchev–Trinajstić information content (AvgIpc) is 3.33. The Bertz CT molecular complexity index is 950. The normalized spacial score (nSPS) is 15.4. The van der Waals surface area contributed by atoms with Gasteiger partial charge in [-0.3, -0.25) is 14.9 Å². The van der Waals surface area contributed by atoms with Crippen LogP contribution in [0.1, 0.15) is 41.5 Å². The van der Waals surface area contributed by atoms with Gasteiger partial charge in [-0.25, -0.2) is 0 Å². The van der Waals surface area contributed by atoms with Gasteiger partial charge in [0.1, 0.15) is 17.5 Å². The second-order valence-electron chi connectivity index (χ2n) is 7.08. The first kappa shape index (κ1) is 17.3. The lowest BCUT2D eigenvalue weighted by atomic mass is 10.0. The first-order valence-corrected chi connectivity index (χ1v) is 9.13. The highest BCUT2D eigenvalue weighted by molar-refractivity contribution is 5.92. The maximum absolute atomic E-state index is 12.3. The number of amides is 1. The number of pyridine rings is 1. The van der Waals surface area contributed by atoms with E-state index in [0.717, 1.165) is 34.6 Å². The lowest BCUT2D eigenvalue weighted by Crippen LogP contribution is -2.34. The molecule has 3 heterocycles. The van der Waals surface area contributed by atoms with Gasteiger partial charge in [0.2, 0.25) is 0 Å². The van der Waals surface area contributed by atoms with Crippen molar-refractivity contribution in [1.29, 1.82) is 0 Å². The van der Waals surface area contributed by atoms with Crippen LogP contribution in [0.4, 0.5) is 0 Å². The molecular formula is C21H22N4O2. The van der Waals surface area contributed by atoms with Crippen LogP contribution in [0.3, 0.4) is 0 Å². The highest BCUT2D eigenvalue weighted by atomic mass is 16.5. The Morgan fingerprint density at radius 1 is 1.30 bits per heavy atom. The number of hydrogen-bond donors (Lipinski definition) is 2. The third-order valence-corrected chi connectivity index (χ3v) is 4.74. The molecule has 6 nitrogen and oxygen atoms in total. The molecule has 27 heavy (non-hydrogen) atoms. The van der Waals surface area contributed by atoms with Gasteiger partial charge in [0.15, 0.2) is 0 Å². The fourth-order valence-corrected chi connectivity index (χ4v) is 3.19. The predicted molar refractivity (Wildman–Crippen MR) is 103 cm³/mol. The summed E-state index contributed by atoms with van der Waals surface area (Å²) in [5.41, 5.74) is 4.71. The summed E-state index contributed by atoms with van der Waals surface area (Å²) in [6.07, 6.45) is 4.31. The molecule has 2 N–H and O–H groups in total. The van der Waals surface area contributed by atoms with Gasteiger partial charge in [-0.05, 0) is 41.3 Å². The highest BCUT2D eigenvalue weighted by Crippen LogP contribution is 2.32. The van der Waals surface area contributed by atoms with E-state index in [1.165, 1.54) is 0 Å². The number of hydrogen-bond acceptors (Lipinski definition) is 4. The minimum Gasteiger partial charge on any atom is -0.488 e. The summed E-state index contributed by atoms with van der Waals surface area (Å²) in [5, 5.41) is 9.90. The molecule has 2 aromatic heterocycles. The van der Waals surface area contributed by atoms with Gasteiger partial charge in [-0.2, -0.15) is 5.10 Å². The van der Waals surface area contributed by atoms with E-state index in [0.29, 0.717) is 18.2 Å². The number of H-pyrrole nitrogens is 1. The zero-order valence-corrected chi connectivity index (χ0v) is 15.4. The summed E-state index contributed by atoms with van der Waals surface area (Å²) in [6, 6.07) is 11.9. The first-order valence-electron chi connectivity index (χ1n) is 9.13. The summed E-state index contributed by atoms with van der Waals surface area (Å²) >= 11 is 0. The van der Waals surface area contributed by atoms with Crippen LogP contribution in [0.25, 0.3) is 11.1 Å². The number of carbonyl (C=O) groups excluding carboxylic acids is 1. The zero-order valence-electron chi connectivity index (χ0n) is 15.4. The van der Waals surface area contributed by atoms with Gasteiger partial charge in [0, 0.05) is 30.1 Å². The van der Waals surface area contributed by atoms with Crippen LogP contribution in [-0.4, -0.2) is 33.7 Å². The maximum Gasteiger partial charge on any atom is 0.271 e. The van der Waals surface area contributed by atoms with Gasteiger partial charge in [-0.1, -0.05) is 26.0 Å². The average molecular weight is 362 g/mol. The first-order chi connectivity index (χ1) is 13.1. The third kappa shape index (κ3) is 3.69. The summed E-state index contributed by atoms with van der Waals surface area (Å²) in [5.74, 6) is 0.998. The number of nitrogens with zero attached hydrogens (tertiary/aromatic N) is 2. The largest absolute Gasteiger partial charge is 0.488 e. The molecule has 0 spiro atoms. The van der Waals surface area contributed by atoms with Crippen molar-refractivity contribution in [3.05, 3.63) is 65.7 Å². The van der Waals surface area contributed by atoms with Crippen molar-refractivity contribution in [2.75, 3.05) is 6.54 Å². The van der Waals surface area contributed by atoms with E-state index in [9.17, 15) is 4.79 Å². The van der Waals surface area contributed by atoms with Crippen molar-refractivity contribution in [2.45, 2.75) is 32.3 Å². The summed E-state index contributed by atoms with van der Waals surface area (Å²) in [6.45, 7) is 4.55. The molecule has 1 atom stereocenters. The summed E-state index contributed by atoms with van der Waals surface area (Å²) in [4.78, 5) is 16.5. The van der Waals surface area contributed by atoms with Crippen LogP contribution in [-0.2, 0) is 6.42 Å². The number of carbonyl (C=O) groups is 1. The van der Waals surface area contributed by atoms with E-state index in [1.54, 1.807) is 12.3 Å². The molecule has 138 valence electrons. The minimum atomic E-state index is -0.186. The second kappa shape index (κ2) is 7.23. The molecule has 1 aliphatic heterocycles. The number of fused-ring (bicyclic) bond motifs is 1. The molecule has 1 aromatic carbocycles. The van der Waals surface area contributed by atoms with Crippen LogP contribution in [0.5, 0.6) is 5.75 Å². The monoisotopic (exact) mass is 362 g/mol. The molecule has 1 unspecified atom stereocenters. The van der Waals surface area contributed by atoms with E-state index in [4.69, 9.17) is 4.74 Å². The van der Waals surface area contributed by atoms with E-state index in [1.807, 2.05) is 30.5 Å². The zero-order chi connectivity index (χ0) is 18.8. The van der Waals surface area contributed by atoms with Crippen molar-refractivity contribution >= 4 is 5.91 Å². The van der Waals surface area contributed by atoms with Gasteiger partial charge >= 0.3 is 0 Å². The highest BCUT2D eigenvalue weighted by Gasteiger charge is 2.24. The summed E-state index contributed by atoms with van der Waals surface area (Å²) in [7, 11) is 0. The number of benzene rings is 1. The van der Waals surface area contributed by atoms with Crippen LogP contribution < -0.4 is 10.1 Å². The maximum atomic E-state index is 12.3. The Morgan fingerprint density at radius 3 is 2.93 bits per heavy atom. The molecule has 0 aliphatic carbocycles. The standard InChI is InChI=1S/C21H22N4O2/c1-13(2)18-10-19(25-24-18)21(26)23-12-17-9-16-8-14(5-6-20(16)27-17)15-4-3-7-22-11-15/h3-8,10-11,13,17H,9,12H2,1-2H3,(H,23,26)(H,24,25). The molecule has 0 saturated heterocycles. The van der Waals surface area contributed by atoms with E-state index >= 15 is 0 Å². The molecule has 1 amide bonds. The Kier molecular flexibility index (Phi) is 4.62. The molecule has 0 bridgehead atoms. The molecule has 0 saturated carbocycles. The lowest BCUT2D eigenvalue weighted by Gasteiger charge is -2.11. The van der Waals surface area contributed by atoms with Crippen LogP contribution in [0, 0.1) is 0 Å². The SMILES string of the molecule is CC(C)c1cc(C(=O)NCC2Cc3cc(-c4cccnc4)ccc3O2)n[nH]1. The van der Waals surface area contributed by atoms with Crippen LogP contribution in [0.2, 0.25) is 0 Å². The van der Waals surface area contributed by atoms with Crippen LogP contribution in [0.15, 0.2) is 48.8 Å². The van der Waals surface area contributed by atoms with E-state index < -0.39 is 0 Å². The number of aromatic amines is 1. The van der Waals surface area contributed by atoms with Crippen molar-refractivity contribution in [3.63, 3.8) is 0 Å². The molecule has 0 fully saturated rings. The lowest BCUT2D eigenvalue weighted by molar-refractivity contribution is 0.0928. The van der Waals surface area contributed by atoms with Gasteiger partial charge in [0.25, 0.3) is 5.91 Å². The fourth-order valence-electron chi connectivity index (χ4n) is 3.19. The molecule has 6 heteroatoms. The number of rotatable bonds is 5. The smallest absolute Gasteiger partial charge is 0.271 e. The number of nitrogens with one attached hydrogen (secondary N) is 2. The second-order valence-corrected chi connectivity index (χ2v) is 7.08. The molecule has 3 aromatic rings. The van der Waals surface area contributed by atoms with E-state index in [2.05, 4.69) is 40.4 Å². The van der Waals surface area contributed by atoms with Crippen molar-refractivity contribution in [2.24, 2.45) is 0 Å². The molecule has 4 rings (SSSR count). The summed E-state index contributed by atoms with van der Waals surface area (Å²) < 4.78 is 5.97. The molecule has 1 aliphatic rings. The number of ether oxygens (including phenoxy) is 1. The predicted octanol–water partition coefficient (Wildman–Crippen LogP) is 3.33. The Morgan fingerprint density at radius 2 is 2.19 bits per heavy atom. The number of aromatic nitrogens is 3. The fraction of sp³-hybridized carbons (Fsp3) is 0.286. The third-order valence-electron chi connectivity index (χ3n) is 4.74. The van der Waals surface area contributed by atoms with Crippen LogP contribution >= 0.6 is 0 Å². The van der Waals surface area contributed by atoms with Crippen molar-refractivity contribution in [1.82, 2.24) is 20.5 Å². The van der Waals surface area contributed by atoms with Gasteiger partial charge in [-0.15, -0.1) is 0 Å². The van der Waals surface area contributed by atoms with E-state index in [-0.39, 0.29) is 12.0 Å². The van der Waals surface area contributed by atoms with Gasteiger partial charge < -0.3 is 10.1 Å². The topological polar surface area (TPSA) is 79.9 Å². The minimum absolute atomic E-state index is 0.0726. The Labute approximate surface area is 158 Å². The molecular weight excluding hydrogens is 340 g/mol. The Balaban J connectivity index is 1.38. The quantitative estimate of drug-likeness (QED) is 0.730. The molecule has 0 radical (unpaired) electrons. The van der Waals surface area contributed by atoms with Crippen molar-refractivity contribution in [3.8, 4) is 16.9 Å². The van der Waals surface area contributed by atoms with Crippen molar-refractivity contribution < 1.29 is 9.53 Å².